The van der Waals surface area contributed by atoms with Gasteiger partial charge in [-0.05, 0) is 25.2 Å². The van der Waals surface area contributed by atoms with Crippen LogP contribution in [0.4, 0.5) is 0 Å². The van der Waals surface area contributed by atoms with E-state index in [1.807, 2.05) is 4.90 Å². The molecule has 1 aliphatic rings. The highest BCUT2D eigenvalue weighted by molar-refractivity contribution is 5.78. The van der Waals surface area contributed by atoms with Crippen LogP contribution in [0.5, 0.6) is 0 Å². The van der Waals surface area contributed by atoms with Crippen molar-refractivity contribution in [1.82, 2.24) is 10.2 Å². The minimum absolute atomic E-state index is 0.222. The first-order valence-electron chi connectivity index (χ1n) is 7.05. The Balaban J connectivity index is 2.43. The molecule has 0 spiro atoms. The van der Waals surface area contributed by atoms with Crippen LogP contribution in [0.1, 0.15) is 47.5 Å². The molecule has 1 atom stereocenters. The molecule has 1 amide bonds. The number of nitrogens with zero attached hydrogens (tertiary/aromatic N) is 1. The van der Waals surface area contributed by atoms with Gasteiger partial charge in [-0.2, -0.15) is 0 Å². The third-order valence-corrected chi connectivity index (χ3v) is 3.74. The van der Waals surface area contributed by atoms with Crippen molar-refractivity contribution in [3.63, 3.8) is 0 Å². The van der Waals surface area contributed by atoms with Crippen molar-refractivity contribution in [2.75, 3.05) is 19.6 Å². The number of nitrogens with one attached hydrogen (secondary N) is 1. The summed E-state index contributed by atoms with van der Waals surface area (Å²) in [6.45, 7) is 13.1. The van der Waals surface area contributed by atoms with Gasteiger partial charge in [0.15, 0.2) is 0 Å². The molecule has 1 aliphatic heterocycles. The van der Waals surface area contributed by atoms with E-state index in [2.05, 4.69) is 46.0 Å². The van der Waals surface area contributed by atoms with Crippen molar-refractivity contribution in [2.45, 2.75) is 53.5 Å². The zero-order valence-electron chi connectivity index (χ0n) is 12.5. The van der Waals surface area contributed by atoms with Gasteiger partial charge < -0.3 is 10.2 Å². The third kappa shape index (κ3) is 4.45. The Kier molecular flexibility index (Phi) is 5.39. The maximum absolute atomic E-state index is 12.0. The fourth-order valence-corrected chi connectivity index (χ4v) is 2.09. The highest BCUT2D eigenvalue weighted by Crippen LogP contribution is 2.29. The van der Waals surface area contributed by atoms with Gasteiger partial charge in [-0.1, -0.05) is 39.3 Å². The summed E-state index contributed by atoms with van der Waals surface area (Å²) in [5.41, 5.74) is 1.71. The molecule has 0 fully saturated rings. The predicted molar refractivity (Wildman–Crippen MR) is 76.5 cm³/mol. The van der Waals surface area contributed by atoms with Gasteiger partial charge in [0, 0.05) is 19.1 Å². The lowest BCUT2D eigenvalue weighted by atomic mass is 9.83. The van der Waals surface area contributed by atoms with Crippen molar-refractivity contribution in [3.05, 3.63) is 11.6 Å². The molecular formula is C15H28N2O. The van der Waals surface area contributed by atoms with Crippen LogP contribution in [0.2, 0.25) is 0 Å². The second kappa shape index (κ2) is 6.37. The molecule has 104 valence electrons. The summed E-state index contributed by atoms with van der Waals surface area (Å²) in [6, 6.07) is 0.416. The zero-order valence-corrected chi connectivity index (χ0v) is 12.5. The van der Waals surface area contributed by atoms with Gasteiger partial charge in [-0.3, -0.25) is 4.79 Å². The zero-order chi connectivity index (χ0) is 13.8. The molecule has 0 aliphatic carbocycles. The van der Waals surface area contributed by atoms with Crippen LogP contribution in [0.25, 0.3) is 0 Å². The van der Waals surface area contributed by atoms with E-state index in [1.54, 1.807) is 0 Å². The maximum Gasteiger partial charge on any atom is 0.236 e. The maximum atomic E-state index is 12.0. The molecule has 1 heterocycles. The number of amides is 1. The third-order valence-electron chi connectivity index (χ3n) is 3.74. The monoisotopic (exact) mass is 252 g/mol. The van der Waals surface area contributed by atoms with E-state index in [4.69, 9.17) is 0 Å². The Bertz CT molecular complexity index is 315. The molecule has 1 unspecified atom stereocenters. The summed E-state index contributed by atoms with van der Waals surface area (Å²) in [7, 11) is 0. The van der Waals surface area contributed by atoms with E-state index in [0.717, 1.165) is 25.9 Å². The second-order valence-corrected chi connectivity index (χ2v) is 6.26. The summed E-state index contributed by atoms with van der Waals surface area (Å²) < 4.78 is 0. The highest BCUT2D eigenvalue weighted by Gasteiger charge is 2.23. The Hall–Kier alpha value is -0.830. The predicted octanol–water partition coefficient (Wildman–Crippen LogP) is 2.58. The van der Waals surface area contributed by atoms with E-state index in [0.29, 0.717) is 12.6 Å². The quantitative estimate of drug-likeness (QED) is 0.780. The van der Waals surface area contributed by atoms with E-state index >= 15 is 0 Å². The molecule has 0 aromatic heterocycles. The summed E-state index contributed by atoms with van der Waals surface area (Å²) in [5.74, 6) is 0.222. The lowest BCUT2D eigenvalue weighted by Crippen LogP contribution is -2.43. The van der Waals surface area contributed by atoms with E-state index in [-0.39, 0.29) is 11.3 Å². The van der Waals surface area contributed by atoms with Crippen molar-refractivity contribution >= 4 is 5.91 Å². The SMILES string of the molecule is CCC(C)NCC(=O)N1CC=C(C(C)(C)C)CC1. The van der Waals surface area contributed by atoms with Gasteiger partial charge in [0.1, 0.15) is 0 Å². The molecule has 1 rings (SSSR count). The summed E-state index contributed by atoms with van der Waals surface area (Å²) in [6.07, 6.45) is 4.30. The van der Waals surface area contributed by atoms with Crippen LogP contribution in [0, 0.1) is 5.41 Å². The van der Waals surface area contributed by atoms with Crippen molar-refractivity contribution in [2.24, 2.45) is 5.41 Å². The standard InChI is InChI=1S/C15H28N2O/c1-6-12(2)16-11-14(18)17-9-7-13(8-10-17)15(3,4)5/h7,12,16H,6,8-11H2,1-5H3. The molecule has 0 radical (unpaired) electrons. The molecule has 18 heavy (non-hydrogen) atoms. The average Bonchev–Trinajstić information content (AvgIpc) is 2.34. The minimum Gasteiger partial charge on any atom is -0.338 e. The van der Waals surface area contributed by atoms with Gasteiger partial charge in [0.2, 0.25) is 5.91 Å². The van der Waals surface area contributed by atoms with Crippen LogP contribution < -0.4 is 5.32 Å². The normalized spacial score (nSPS) is 18.5. The minimum atomic E-state index is 0.222. The first-order chi connectivity index (χ1) is 8.34. The molecular weight excluding hydrogens is 224 g/mol. The lowest BCUT2D eigenvalue weighted by Gasteiger charge is -2.32. The van der Waals surface area contributed by atoms with Crippen LogP contribution in [-0.2, 0) is 4.79 Å². The van der Waals surface area contributed by atoms with E-state index in [9.17, 15) is 4.79 Å². The van der Waals surface area contributed by atoms with Gasteiger partial charge in [0.25, 0.3) is 0 Å². The first-order valence-corrected chi connectivity index (χ1v) is 7.05. The Morgan fingerprint density at radius 2 is 2.17 bits per heavy atom. The molecule has 0 bridgehead atoms. The number of rotatable bonds is 4. The first kappa shape index (κ1) is 15.2. The highest BCUT2D eigenvalue weighted by atomic mass is 16.2. The summed E-state index contributed by atoms with van der Waals surface area (Å²) >= 11 is 0. The Labute approximate surface area is 112 Å². The molecule has 3 nitrogen and oxygen atoms in total. The van der Waals surface area contributed by atoms with E-state index in [1.165, 1.54) is 5.57 Å². The van der Waals surface area contributed by atoms with Crippen LogP contribution >= 0.6 is 0 Å². The van der Waals surface area contributed by atoms with Gasteiger partial charge >= 0.3 is 0 Å². The fourth-order valence-electron chi connectivity index (χ4n) is 2.09. The second-order valence-electron chi connectivity index (χ2n) is 6.26. The molecule has 3 heteroatoms. The largest absolute Gasteiger partial charge is 0.338 e. The molecule has 0 aromatic carbocycles. The number of hydrogen-bond acceptors (Lipinski definition) is 2. The number of hydrogen-bond donors (Lipinski definition) is 1. The average molecular weight is 252 g/mol. The molecule has 1 N–H and O–H groups in total. The summed E-state index contributed by atoms with van der Waals surface area (Å²) in [4.78, 5) is 14.0. The fraction of sp³-hybridized carbons (Fsp3) is 0.800. The lowest BCUT2D eigenvalue weighted by molar-refractivity contribution is -0.130. The number of carbonyl (C=O) groups is 1. The van der Waals surface area contributed by atoms with Gasteiger partial charge in [-0.25, -0.2) is 0 Å². The smallest absolute Gasteiger partial charge is 0.236 e. The van der Waals surface area contributed by atoms with Gasteiger partial charge in [0.05, 0.1) is 6.54 Å². The molecule has 0 saturated heterocycles. The van der Waals surface area contributed by atoms with Crippen molar-refractivity contribution < 1.29 is 4.79 Å². The van der Waals surface area contributed by atoms with Crippen LogP contribution in [-0.4, -0.2) is 36.5 Å². The summed E-state index contributed by atoms with van der Waals surface area (Å²) in [5, 5.41) is 3.26. The van der Waals surface area contributed by atoms with Crippen LogP contribution in [0.15, 0.2) is 11.6 Å². The Morgan fingerprint density at radius 3 is 2.61 bits per heavy atom. The number of carbonyl (C=O) groups excluding carboxylic acids is 1. The topological polar surface area (TPSA) is 32.3 Å². The van der Waals surface area contributed by atoms with Gasteiger partial charge in [-0.15, -0.1) is 0 Å². The molecule has 0 saturated carbocycles. The van der Waals surface area contributed by atoms with E-state index < -0.39 is 0 Å². The molecule has 0 aromatic rings. The Morgan fingerprint density at radius 1 is 1.50 bits per heavy atom. The van der Waals surface area contributed by atoms with Crippen LogP contribution in [0.3, 0.4) is 0 Å². The van der Waals surface area contributed by atoms with Crippen molar-refractivity contribution in [3.8, 4) is 0 Å². The van der Waals surface area contributed by atoms with Crippen molar-refractivity contribution in [1.29, 1.82) is 0 Å².